The SMILES string of the molecule is C#CCNc1nc(Cl)nnc1Cl. The van der Waals surface area contributed by atoms with Gasteiger partial charge in [0, 0.05) is 0 Å². The van der Waals surface area contributed by atoms with E-state index >= 15 is 0 Å². The largest absolute Gasteiger partial charge is 0.356 e. The fraction of sp³-hybridized carbons (Fsp3) is 0.167. The van der Waals surface area contributed by atoms with E-state index in [1.807, 2.05) is 0 Å². The number of hydrogen-bond donors (Lipinski definition) is 1. The predicted octanol–water partition coefficient (Wildman–Crippen LogP) is 1.22. The summed E-state index contributed by atoms with van der Waals surface area (Å²) in [7, 11) is 0. The van der Waals surface area contributed by atoms with Gasteiger partial charge in [-0.25, -0.2) is 0 Å². The summed E-state index contributed by atoms with van der Waals surface area (Å²) in [4.78, 5) is 3.76. The second-order valence-electron chi connectivity index (χ2n) is 1.78. The van der Waals surface area contributed by atoms with E-state index in [9.17, 15) is 0 Å². The Kier molecular flexibility index (Phi) is 3.09. The number of nitrogens with one attached hydrogen (secondary N) is 1. The molecule has 1 heterocycles. The smallest absolute Gasteiger partial charge is 0.245 e. The molecule has 0 unspecified atom stereocenters. The molecule has 0 aliphatic carbocycles. The molecule has 1 N–H and O–H groups in total. The lowest BCUT2D eigenvalue weighted by atomic mass is 10.6. The van der Waals surface area contributed by atoms with Gasteiger partial charge in [0.15, 0.2) is 11.0 Å². The molecule has 0 spiro atoms. The molecule has 1 rings (SSSR count). The maximum atomic E-state index is 5.61. The summed E-state index contributed by atoms with van der Waals surface area (Å²) in [5.74, 6) is 2.70. The molecule has 0 amide bonds. The molecule has 4 nitrogen and oxygen atoms in total. The molecule has 1 aromatic heterocycles. The van der Waals surface area contributed by atoms with Crippen LogP contribution in [-0.4, -0.2) is 21.7 Å². The standard InChI is InChI=1S/C6H4Cl2N4/c1-2-3-9-5-4(7)11-12-6(8)10-5/h1H,3H2,(H,9,10,12). The second kappa shape index (κ2) is 4.10. The fourth-order valence-electron chi connectivity index (χ4n) is 0.540. The zero-order valence-electron chi connectivity index (χ0n) is 5.88. The summed E-state index contributed by atoms with van der Waals surface area (Å²) in [6.07, 6.45) is 5.01. The van der Waals surface area contributed by atoms with E-state index in [4.69, 9.17) is 29.6 Å². The van der Waals surface area contributed by atoms with E-state index in [1.54, 1.807) is 0 Å². The van der Waals surface area contributed by atoms with E-state index in [0.29, 0.717) is 12.4 Å². The first-order valence-corrected chi connectivity index (χ1v) is 3.72. The van der Waals surface area contributed by atoms with Crippen molar-refractivity contribution in [2.75, 3.05) is 11.9 Å². The van der Waals surface area contributed by atoms with Crippen molar-refractivity contribution < 1.29 is 0 Å². The second-order valence-corrected chi connectivity index (χ2v) is 2.47. The maximum absolute atomic E-state index is 5.61. The normalized spacial score (nSPS) is 9.08. The van der Waals surface area contributed by atoms with Crippen LogP contribution in [0.4, 0.5) is 5.82 Å². The first kappa shape index (κ1) is 9.04. The molecule has 0 radical (unpaired) electrons. The van der Waals surface area contributed by atoms with Crippen LogP contribution in [0.1, 0.15) is 0 Å². The third-order valence-electron chi connectivity index (χ3n) is 0.978. The van der Waals surface area contributed by atoms with Crippen LogP contribution in [-0.2, 0) is 0 Å². The first-order valence-electron chi connectivity index (χ1n) is 2.97. The van der Waals surface area contributed by atoms with Crippen LogP contribution in [0, 0.1) is 12.3 Å². The molecule has 6 heteroatoms. The number of nitrogens with zero attached hydrogens (tertiary/aromatic N) is 3. The summed E-state index contributed by atoms with van der Waals surface area (Å²) in [5, 5.41) is 9.86. The molecule has 12 heavy (non-hydrogen) atoms. The third kappa shape index (κ3) is 2.22. The van der Waals surface area contributed by atoms with Gasteiger partial charge in [-0.1, -0.05) is 17.5 Å². The van der Waals surface area contributed by atoms with Crippen LogP contribution in [0.25, 0.3) is 0 Å². The summed E-state index contributed by atoms with van der Waals surface area (Å²) < 4.78 is 0. The molecule has 0 atom stereocenters. The maximum Gasteiger partial charge on any atom is 0.245 e. The predicted molar refractivity (Wildman–Crippen MR) is 47.2 cm³/mol. The number of anilines is 1. The average molecular weight is 203 g/mol. The summed E-state index contributed by atoms with van der Waals surface area (Å²) in [5.41, 5.74) is 0. The lowest BCUT2D eigenvalue weighted by Gasteiger charge is -2.01. The average Bonchev–Trinajstić information content (AvgIpc) is 2.07. The number of rotatable bonds is 2. The molecule has 0 bridgehead atoms. The zero-order valence-corrected chi connectivity index (χ0v) is 7.39. The molecular formula is C6H4Cl2N4. The number of aromatic nitrogens is 3. The highest BCUT2D eigenvalue weighted by Gasteiger charge is 2.03. The Labute approximate surface area is 79.3 Å². The van der Waals surface area contributed by atoms with Crippen LogP contribution in [0.15, 0.2) is 0 Å². The van der Waals surface area contributed by atoms with Gasteiger partial charge < -0.3 is 5.32 Å². The van der Waals surface area contributed by atoms with Gasteiger partial charge in [0.25, 0.3) is 0 Å². The first-order chi connectivity index (χ1) is 5.74. The van der Waals surface area contributed by atoms with Gasteiger partial charge in [-0.05, 0) is 11.6 Å². The highest BCUT2D eigenvalue weighted by Crippen LogP contribution is 2.15. The number of hydrogen-bond acceptors (Lipinski definition) is 4. The molecule has 0 saturated heterocycles. The van der Waals surface area contributed by atoms with Crippen LogP contribution in [0.5, 0.6) is 0 Å². The van der Waals surface area contributed by atoms with E-state index in [2.05, 4.69) is 26.4 Å². The van der Waals surface area contributed by atoms with Crippen LogP contribution < -0.4 is 5.32 Å². The molecule has 1 aromatic rings. The number of halogens is 2. The van der Waals surface area contributed by atoms with Gasteiger partial charge in [-0.2, -0.15) is 4.98 Å². The van der Waals surface area contributed by atoms with Crippen molar-refractivity contribution in [1.82, 2.24) is 15.2 Å². The van der Waals surface area contributed by atoms with E-state index in [1.165, 1.54) is 0 Å². The monoisotopic (exact) mass is 202 g/mol. The van der Waals surface area contributed by atoms with Crippen molar-refractivity contribution in [3.05, 3.63) is 10.4 Å². The van der Waals surface area contributed by atoms with Gasteiger partial charge in [0.2, 0.25) is 5.28 Å². The van der Waals surface area contributed by atoms with Crippen LogP contribution >= 0.6 is 23.2 Å². The summed E-state index contributed by atoms with van der Waals surface area (Å²) in [6, 6.07) is 0. The highest BCUT2D eigenvalue weighted by molar-refractivity contribution is 6.32. The minimum atomic E-state index is 0.0268. The van der Waals surface area contributed by atoms with Gasteiger partial charge in [-0.3, -0.25) is 0 Å². The van der Waals surface area contributed by atoms with Crippen molar-refractivity contribution in [3.63, 3.8) is 0 Å². The Hall–Kier alpha value is -1.05. The van der Waals surface area contributed by atoms with Crippen molar-refractivity contribution in [1.29, 1.82) is 0 Å². The quantitative estimate of drug-likeness (QED) is 0.734. The Balaban J connectivity index is 2.84. The molecule has 0 fully saturated rings. The van der Waals surface area contributed by atoms with Crippen molar-refractivity contribution in [3.8, 4) is 12.3 Å². The van der Waals surface area contributed by atoms with Crippen molar-refractivity contribution in [2.45, 2.75) is 0 Å². The van der Waals surface area contributed by atoms with Gasteiger partial charge in [-0.15, -0.1) is 16.6 Å². The molecular weight excluding hydrogens is 199 g/mol. The van der Waals surface area contributed by atoms with Crippen LogP contribution in [0.2, 0.25) is 10.4 Å². The molecule has 0 saturated carbocycles. The lowest BCUT2D eigenvalue weighted by molar-refractivity contribution is 0.969. The minimum Gasteiger partial charge on any atom is -0.356 e. The Bertz CT molecular complexity index is 320. The van der Waals surface area contributed by atoms with E-state index in [-0.39, 0.29) is 10.4 Å². The topological polar surface area (TPSA) is 50.7 Å². The van der Waals surface area contributed by atoms with Crippen molar-refractivity contribution >= 4 is 29.0 Å². The van der Waals surface area contributed by atoms with Crippen LogP contribution in [0.3, 0.4) is 0 Å². The summed E-state index contributed by atoms with van der Waals surface area (Å²) >= 11 is 11.1. The Morgan fingerprint density at radius 1 is 1.42 bits per heavy atom. The Morgan fingerprint density at radius 3 is 2.83 bits per heavy atom. The zero-order chi connectivity index (χ0) is 8.97. The van der Waals surface area contributed by atoms with Gasteiger partial charge >= 0.3 is 0 Å². The Morgan fingerprint density at radius 2 is 2.17 bits per heavy atom. The molecule has 62 valence electrons. The summed E-state index contributed by atoms with van der Waals surface area (Å²) in [6.45, 7) is 0.314. The molecule has 0 aliphatic rings. The van der Waals surface area contributed by atoms with Crippen molar-refractivity contribution in [2.24, 2.45) is 0 Å². The lowest BCUT2D eigenvalue weighted by Crippen LogP contribution is -2.03. The van der Waals surface area contributed by atoms with Gasteiger partial charge in [0.05, 0.1) is 6.54 Å². The van der Waals surface area contributed by atoms with E-state index < -0.39 is 0 Å². The number of terminal acetylenes is 1. The fourth-order valence-corrected chi connectivity index (χ4v) is 0.810. The minimum absolute atomic E-state index is 0.0268. The molecule has 0 aliphatic heterocycles. The highest BCUT2D eigenvalue weighted by atomic mass is 35.5. The van der Waals surface area contributed by atoms with Gasteiger partial charge in [0.1, 0.15) is 0 Å². The molecule has 0 aromatic carbocycles. The third-order valence-corrected chi connectivity index (χ3v) is 1.39. The van der Waals surface area contributed by atoms with E-state index in [0.717, 1.165) is 0 Å².